The van der Waals surface area contributed by atoms with Crippen LogP contribution in [-0.2, 0) is 17.9 Å². The quantitative estimate of drug-likeness (QED) is 0.0639. The average molecular weight is 663 g/mol. The van der Waals surface area contributed by atoms with Crippen LogP contribution >= 0.6 is 11.6 Å². The molecule has 2 amide bonds. The second-order valence-corrected chi connectivity index (χ2v) is 11.6. The third-order valence-corrected chi connectivity index (χ3v) is 7.75. The summed E-state index contributed by atoms with van der Waals surface area (Å²) < 4.78 is 20.7. The van der Waals surface area contributed by atoms with Crippen LogP contribution in [0.25, 0.3) is 10.8 Å². The highest BCUT2D eigenvalue weighted by atomic mass is 35.5. The topological polar surface area (TPSA) is 130 Å². The van der Waals surface area contributed by atoms with Gasteiger partial charge in [0, 0.05) is 18.1 Å². The van der Waals surface area contributed by atoms with Crippen LogP contribution in [0.2, 0.25) is 5.02 Å². The number of ether oxygens (including phenoxy) is 1. The SMILES string of the molecule is NCCCNCCCCNCCCNc1cc(NC(=O)OCc2ccc3ccccc3c2)c(C(=O)NCc2ccc(Cl)cc2)cc1F. The monoisotopic (exact) mass is 662 g/mol. The lowest BCUT2D eigenvalue weighted by molar-refractivity contribution is 0.0951. The molecule has 4 rings (SSSR count). The van der Waals surface area contributed by atoms with E-state index in [2.05, 4.69) is 26.6 Å². The number of carbonyl (C=O) groups is 2. The van der Waals surface area contributed by atoms with Crippen LogP contribution in [0.15, 0.2) is 78.9 Å². The standard InChI is InChI=1S/C36H44ClFN6O3/c37-30-13-10-26(11-14-30)24-43-35(45)31-22-32(38)34(42-20-6-19-41-17-4-3-16-40-18-5-15-39)23-33(31)44-36(46)47-25-27-9-12-28-7-1-2-8-29(28)21-27/h1-2,7-14,21-23,40-42H,3-6,15-20,24-25,39H2,(H,43,45)(H,44,46). The van der Waals surface area contributed by atoms with E-state index in [0.29, 0.717) is 18.1 Å². The summed E-state index contributed by atoms with van der Waals surface area (Å²) in [5.41, 5.74) is 7.41. The lowest BCUT2D eigenvalue weighted by Crippen LogP contribution is -2.25. The zero-order valence-corrected chi connectivity index (χ0v) is 27.3. The molecular formula is C36H44ClFN6O3. The number of rotatable bonds is 19. The minimum absolute atomic E-state index is 0.0242. The Balaban J connectivity index is 1.33. The van der Waals surface area contributed by atoms with Crippen LogP contribution in [0.1, 0.15) is 47.2 Å². The molecule has 4 aromatic rings. The van der Waals surface area contributed by atoms with Gasteiger partial charge in [-0.2, -0.15) is 0 Å². The predicted octanol–water partition coefficient (Wildman–Crippen LogP) is 6.42. The van der Waals surface area contributed by atoms with Crippen molar-refractivity contribution in [1.29, 1.82) is 0 Å². The Morgan fingerprint density at radius 2 is 1.43 bits per heavy atom. The number of hydrogen-bond donors (Lipinski definition) is 6. The van der Waals surface area contributed by atoms with E-state index in [0.717, 1.165) is 79.8 Å². The van der Waals surface area contributed by atoms with Gasteiger partial charge in [0.15, 0.2) is 0 Å². The fourth-order valence-corrected chi connectivity index (χ4v) is 5.04. The molecule has 4 aromatic carbocycles. The smallest absolute Gasteiger partial charge is 0.411 e. The van der Waals surface area contributed by atoms with E-state index in [4.69, 9.17) is 22.1 Å². The van der Waals surface area contributed by atoms with Gasteiger partial charge in [-0.25, -0.2) is 9.18 Å². The highest BCUT2D eigenvalue weighted by Gasteiger charge is 2.19. The van der Waals surface area contributed by atoms with Crippen LogP contribution in [0.5, 0.6) is 0 Å². The maximum absolute atomic E-state index is 15.2. The molecule has 9 nitrogen and oxygen atoms in total. The number of nitrogens with one attached hydrogen (secondary N) is 5. The molecule has 7 N–H and O–H groups in total. The van der Waals surface area contributed by atoms with Crippen LogP contribution in [0, 0.1) is 5.82 Å². The molecule has 0 radical (unpaired) electrons. The molecule has 0 unspecified atom stereocenters. The van der Waals surface area contributed by atoms with Crippen molar-refractivity contribution in [2.45, 2.75) is 38.8 Å². The van der Waals surface area contributed by atoms with Gasteiger partial charge in [0.25, 0.3) is 5.91 Å². The Morgan fingerprint density at radius 1 is 0.745 bits per heavy atom. The number of amides is 2. The first-order valence-electron chi connectivity index (χ1n) is 16.1. The summed E-state index contributed by atoms with van der Waals surface area (Å²) in [7, 11) is 0. The fourth-order valence-electron chi connectivity index (χ4n) is 4.92. The third kappa shape index (κ3) is 12.1. The summed E-state index contributed by atoms with van der Waals surface area (Å²) in [6.07, 6.45) is 3.13. The van der Waals surface area contributed by atoms with Crippen molar-refractivity contribution < 1.29 is 18.7 Å². The zero-order chi connectivity index (χ0) is 33.3. The first kappa shape index (κ1) is 35.6. The van der Waals surface area contributed by atoms with Gasteiger partial charge in [-0.3, -0.25) is 10.1 Å². The van der Waals surface area contributed by atoms with Crippen LogP contribution in [0.4, 0.5) is 20.6 Å². The molecule has 0 fully saturated rings. The van der Waals surface area contributed by atoms with Crippen molar-refractivity contribution in [3.8, 4) is 0 Å². The molecule has 0 atom stereocenters. The van der Waals surface area contributed by atoms with Crippen LogP contribution in [-0.4, -0.2) is 51.3 Å². The Morgan fingerprint density at radius 3 is 2.17 bits per heavy atom. The molecule has 0 aliphatic heterocycles. The minimum Gasteiger partial charge on any atom is -0.444 e. The first-order chi connectivity index (χ1) is 22.9. The molecule has 250 valence electrons. The van der Waals surface area contributed by atoms with Crippen molar-refractivity contribution in [2.75, 3.05) is 49.9 Å². The molecule has 0 aliphatic carbocycles. The molecule has 0 heterocycles. The number of benzene rings is 4. The molecule has 0 saturated heterocycles. The van der Waals surface area contributed by atoms with Gasteiger partial charge in [-0.05, 0) is 111 Å². The number of anilines is 2. The summed E-state index contributed by atoms with van der Waals surface area (Å²) in [5, 5.41) is 18.0. The number of hydrogen-bond acceptors (Lipinski definition) is 7. The van der Waals surface area contributed by atoms with E-state index in [1.165, 1.54) is 6.07 Å². The van der Waals surface area contributed by atoms with E-state index in [1.807, 2.05) is 42.5 Å². The van der Waals surface area contributed by atoms with E-state index in [-0.39, 0.29) is 30.1 Å². The van der Waals surface area contributed by atoms with Crippen LogP contribution in [0.3, 0.4) is 0 Å². The fraction of sp³-hybridized carbons (Fsp3) is 0.333. The summed E-state index contributed by atoms with van der Waals surface area (Å²) in [6, 6.07) is 23.3. The summed E-state index contributed by atoms with van der Waals surface area (Å²) in [4.78, 5) is 26.1. The highest BCUT2D eigenvalue weighted by Crippen LogP contribution is 2.26. The maximum Gasteiger partial charge on any atom is 0.411 e. The van der Waals surface area contributed by atoms with E-state index in [1.54, 1.807) is 24.3 Å². The van der Waals surface area contributed by atoms with Gasteiger partial charge >= 0.3 is 6.09 Å². The number of nitrogens with two attached hydrogens (primary N) is 1. The van der Waals surface area contributed by atoms with Gasteiger partial charge in [0.2, 0.25) is 0 Å². The lowest BCUT2D eigenvalue weighted by Gasteiger charge is -2.16. The number of carbonyl (C=O) groups excluding carboxylic acids is 2. The minimum atomic E-state index is -0.763. The van der Waals surface area contributed by atoms with Gasteiger partial charge in [-0.15, -0.1) is 0 Å². The summed E-state index contributed by atoms with van der Waals surface area (Å²) in [5.74, 6) is -1.15. The normalized spacial score (nSPS) is 11.0. The number of fused-ring (bicyclic) bond motifs is 1. The van der Waals surface area contributed by atoms with Gasteiger partial charge in [0.1, 0.15) is 12.4 Å². The van der Waals surface area contributed by atoms with Crippen molar-refractivity contribution in [2.24, 2.45) is 5.73 Å². The van der Waals surface area contributed by atoms with Crippen molar-refractivity contribution in [3.05, 3.63) is 106 Å². The summed E-state index contributed by atoms with van der Waals surface area (Å²) >= 11 is 5.96. The molecule has 47 heavy (non-hydrogen) atoms. The maximum atomic E-state index is 15.2. The third-order valence-electron chi connectivity index (χ3n) is 7.50. The zero-order valence-electron chi connectivity index (χ0n) is 26.5. The van der Waals surface area contributed by atoms with Gasteiger partial charge in [0.05, 0.1) is 16.9 Å². The average Bonchev–Trinajstić information content (AvgIpc) is 3.08. The van der Waals surface area contributed by atoms with Crippen LogP contribution < -0.4 is 32.3 Å². The van der Waals surface area contributed by atoms with Gasteiger partial charge < -0.3 is 31.7 Å². The number of unbranched alkanes of at least 4 members (excludes halogenated alkanes) is 1. The molecule has 11 heteroatoms. The highest BCUT2D eigenvalue weighted by molar-refractivity contribution is 6.30. The Hall–Kier alpha value is -4.22. The Labute approximate surface area is 280 Å². The lowest BCUT2D eigenvalue weighted by atomic mass is 10.1. The predicted molar refractivity (Wildman–Crippen MR) is 189 cm³/mol. The summed E-state index contributed by atoms with van der Waals surface area (Å²) in [6.45, 7) is 5.03. The second kappa shape index (κ2) is 19.4. The molecule has 0 saturated carbocycles. The molecule has 0 aromatic heterocycles. The first-order valence-corrected chi connectivity index (χ1v) is 16.4. The van der Waals surface area contributed by atoms with E-state index in [9.17, 15) is 9.59 Å². The number of halogens is 2. The molecular weight excluding hydrogens is 619 g/mol. The van der Waals surface area contributed by atoms with Crippen molar-refractivity contribution >= 4 is 45.7 Å². The molecule has 0 bridgehead atoms. The van der Waals surface area contributed by atoms with E-state index >= 15 is 4.39 Å². The van der Waals surface area contributed by atoms with Gasteiger partial charge in [-0.1, -0.05) is 60.1 Å². The Bertz CT molecular complexity index is 1590. The van der Waals surface area contributed by atoms with Crippen molar-refractivity contribution in [3.63, 3.8) is 0 Å². The molecule has 0 aliphatic rings. The molecule has 0 spiro atoms. The second-order valence-electron chi connectivity index (χ2n) is 11.2. The van der Waals surface area contributed by atoms with Crippen molar-refractivity contribution in [1.82, 2.24) is 16.0 Å². The Kier molecular flexibility index (Phi) is 14.7. The van der Waals surface area contributed by atoms with E-state index < -0.39 is 17.8 Å². The largest absolute Gasteiger partial charge is 0.444 e.